The van der Waals surface area contributed by atoms with Crippen molar-refractivity contribution in [3.63, 3.8) is 0 Å². The number of allylic oxidation sites excluding steroid dienone is 3. The van der Waals surface area contributed by atoms with E-state index in [1.54, 1.807) is 24.1 Å². The van der Waals surface area contributed by atoms with Gasteiger partial charge in [-0.15, -0.1) is 0 Å². The fourth-order valence-corrected chi connectivity index (χ4v) is 6.32. The summed E-state index contributed by atoms with van der Waals surface area (Å²) in [6.45, 7) is 0. The summed E-state index contributed by atoms with van der Waals surface area (Å²) in [5, 5.41) is 9.95. The van der Waals surface area contributed by atoms with Gasteiger partial charge in [0, 0.05) is 21.4 Å². The molecule has 1 unspecified atom stereocenters. The van der Waals surface area contributed by atoms with Crippen LogP contribution < -0.4 is 15.4 Å². The standard InChI is InChI=1S/C21H18IN3O3S/c1-28-16-7-5-15(6-8-16)25-18-9-10-29(26,27)20(18)19(17(12-23)21(25)24)13-3-2-4-14(22)11-13/h2-8,11,19H,9-10,24H2,1H3. The van der Waals surface area contributed by atoms with E-state index in [0.717, 1.165) is 9.13 Å². The highest BCUT2D eigenvalue weighted by molar-refractivity contribution is 14.1. The van der Waals surface area contributed by atoms with Gasteiger partial charge in [-0.05, 0) is 64.6 Å². The molecule has 2 heterocycles. The summed E-state index contributed by atoms with van der Waals surface area (Å²) in [5.74, 6) is 0.263. The first-order valence-corrected chi connectivity index (χ1v) is 11.7. The molecule has 0 bridgehead atoms. The zero-order valence-corrected chi connectivity index (χ0v) is 18.6. The van der Waals surface area contributed by atoms with Crippen molar-refractivity contribution in [3.05, 3.63) is 79.7 Å². The van der Waals surface area contributed by atoms with Crippen LogP contribution in [0.2, 0.25) is 0 Å². The molecule has 8 heteroatoms. The number of nitriles is 1. The van der Waals surface area contributed by atoms with Gasteiger partial charge in [-0.3, -0.25) is 4.90 Å². The van der Waals surface area contributed by atoms with Gasteiger partial charge >= 0.3 is 0 Å². The minimum Gasteiger partial charge on any atom is -0.497 e. The molecule has 2 aliphatic heterocycles. The average Bonchev–Trinajstić information content (AvgIpc) is 3.02. The van der Waals surface area contributed by atoms with Crippen molar-refractivity contribution in [2.45, 2.75) is 12.3 Å². The van der Waals surface area contributed by atoms with Crippen LogP contribution >= 0.6 is 22.6 Å². The molecule has 0 spiro atoms. The van der Waals surface area contributed by atoms with E-state index >= 15 is 0 Å². The normalized spacial score (nSPS) is 20.4. The number of anilines is 1. The summed E-state index contributed by atoms with van der Waals surface area (Å²) < 4.78 is 32.2. The number of rotatable bonds is 3. The number of sulfone groups is 1. The van der Waals surface area contributed by atoms with Crippen LogP contribution in [-0.4, -0.2) is 21.3 Å². The molecule has 0 aliphatic carbocycles. The zero-order valence-electron chi connectivity index (χ0n) is 15.6. The molecule has 2 N–H and O–H groups in total. The summed E-state index contributed by atoms with van der Waals surface area (Å²) in [5.41, 5.74) is 8.79. The van der Waals surface area contributed by atoms with Crippen molar-refractivity contribution in [3.8, 4) is 11.8 Å². The van der Waals surface area contributed by atoms with E-state index in [0.29, 0.717) is 23.6 Å². The number of benzene rings is 2. The van der Waals surface area contributed by atoms with Gasteiger partial charge in [-0.1, -0.05) is 12.1 Å². The predicted octanol–water partition coefficient (Wildman–Crippen LogP) is 3.63. The summed E-state index contributed by atoms with van der Waals surface area (Å²) in [7, 11) is -1.93. The lowest BCUT2D eigenvalue weighted by Crippen LogP contribution is -2.34. The summed E-state index contributed by atoms with van der Waals surface area (Å²) in [6, 6.07) is 16.9. The van der Waals surface area contributed by atoms with Crippen LogP contribution in [0.3, 0.4) is 0 Å². The Kier molecular flexibility index (Phi) is 5.04. The highest BCUT2D eigenvalue weighted by atomic mass is 127. The first-order valence-electron chi connectivity index (χ1n) is 8.92. The van der Waals surface area contributed by atoms with Crippen molar-refractivity contribution >= 4 is 38.1 Å². The van der Waals surface area contributed by atoms with Gasteiger partial charge in [-0.25, -0.2) is 8.42 Å². The van der Waals surface area contributed by atoms with E-state index < -0.39 is 15.8 Å². The summed E-state index contributed by atoms with van der Waals surface area (Å²) in [4.78, 5) is 1.98. The molecule has 0 fully saturated rings. The lowest BCUT2D eigenvalue weighted by molar-refractivity contribution is 0.415. The molecule has 29 heavy (non-hydrogen) atoms. The Labute approximate surface area is 183 Å². The number of nitrogens with zero attached hydrogens (tertiary/aromatic N) is 2. The van der Waals surface area contributed by atoms with Gasteiger partial charge in [0.2, 0.25) is 0 Å². The lowest BCUT2D eigenvalue weighted by atomic mass is 9.87. The van der Waals surface area contributed by atoms with Crippen molar-refractivity contribution in [2.24, 2.45) is 5.73 Å². The number of ether oxygens (including phenoxy) is 1. The number of hydrogen-bond acceptors (Lipinski definition) is 6. The molecular weight excluding hydrogens is 501 g/mol. The average molecular weight is 519 g/mol. The Morgan fingerprint density at radius 3 is 2.59 bits per heavy atom. The molecule has 0 saturated heterocycles. The Morgan fingerprint density at radius 2 is 1.97 bits per heavy atom. The quantitative estimate of drug-likeness (QED) is 0.623. The number of halogens is 1. The maximum absolute atomic E-state index is 13.0. The highest BCUT2D eigenvalue weighted by Crippen LogP contribution is 2.48. The van der Waals surface area contributed by atoms with Gasteiger partial charge < -0.3 is 10.5 Å². The van der Waals surface area contributed by atoms with E-state index in [9.17, 15) is 13.7 Å². The fourth-order valence-electron chi connectivity index (χ4n) is 3.91. The molecule has 1 atom stereocenters. The Bertz CT molecular complexity index is 1190. The second-order valence-corrected chi connectivity index (χ2v) is 10.1. The van der Waals surface area contributed by atoms with Gasteiger partial charge in [0.25, 0.3) is 0 Å². The number of nitrogens with two attached hydrogens (primary N) is 1. The third-order valence-corrected chi connectivity index (χ3v) is 7.75. The number of methoxy groups -OCH3 is 1. The van der Waals surface area contributed by atoms with E-state index in [1.807, 2.05) is 36.4 Å². The van der Waals surface area contributed by atoms with Crippen molar-refractivity contribution in [1.29, 1.82) is 5.26 Å². The monoisotopic (exact) mass is 519 g/mol. The molecule has 2 aromatic rings. The second-order valence-electron chi connectivity index (χ2n) is 6.81. The van der Waals surface area contributed by atoms with Crippen LogP contribution in [0.4, 0.5) is 5.69 Å². The molecule has 6 nitrogen and oxygen atoms in total. The largest absolute Gasteiger partial charge is 0.497 e. The van der Waals surface area contributed by atoms with Gasteiger partial charge in [-0.2, -0.15) is 5.26 Å². The maximum Gasteiger partial charge on any atom is 0.177 e. The smallest absolute Gasteiger partial charge is 0.177 e. The molecule has 0 amide bonds. The number of hydrogen-bond donors (Lipinski definition) is 1. The Balaban J connectivity index is 1.96. The minimum absolute atomic E-state index is 0.0107. The highest BCUT2D eigenvalue weighted by Gasteiger charge is 2.45. The molecule has 2 aromatic carbocycles. The first kappa shape index (κ1) is 19.8. The van der Waals surface area contributed by atoms with Crippen LogP contribution in [0.25, 0.3) is 0 Å². The van der Waals surface area contributed by atoms with Crippen LogP contribution in [0, 0.1) is 14.9 Å². The molecule has 2 aliphatic rings. The Morgan fingerprint density at radius 1 is 1.24 bits per heavy atom. The van der Waals surface area contributed by atoms with Crippen LogP contribution in [0.5, 0.6) is 5.75 Å². The lowest BCUT2D eigenvalue weighted by Gasteiger charge is -2.35. The predicted molar refractivity (Wildman–Crippen MR) is 120 cm³/mol. The third kappa shape index (κ3) is 3.28. The Hall–Kier alpha value is -2.51. The van der Waals surface area contributed by atoms with Gasteiger partial charge in [0.05, 0.1) is 35.3 Å². The maximum atomic E-state index is 13.0. The van der Waals surface area contributed by atoms with Crippen LogP contribution in [-0.2, 0) is 9.84 Å². The van der Waals surface area contributed by atoms with Crippen LogP contribution in [0.1, 0.15) is 17.9 Å². The first-order chi connectivity index (χ1) is 13.9. The third-order valence-electron chi connectivity index (χ3n) is 5.20. The van der Waals surface area contributed by atoms with E-state index in [4.69, 9.17) is 10.5 Å². The summed E-state index contributed by atoms with van der Waals surface area (Å²) in [6.07, 6.45) is 0.351. The van der Waals surface area contributed by atoms with Crippen LogP contribution in [0.15, 0.2) is 70.5 Å². The molecular formula is C21H18IN3O3S. The van der Waals surface area contributed by atoms with Gasteiger partial charge in [0.15, 0.2) is 9.84 Å². The summed E-state index contributed by atoms with van der Waals surface area (Å²) >= 11 is 2.18. The molecule has 0 radical (unpaired) electrons. The topological polar surface area (TPSA) is 96.4 Å². The molecule has 148 valence electrons. The molecule has 4 rings (SSSR count). The van der Waals surface area contributed by atoms with Crippen molar-refractivity contribution in [1.82, 2.24) is 0 Å². The van der Waals surface area contributed by atoms with Crippen molar-refractivity contribution in [2.75, 3.05) is 17.8 Å². The zero-order chi connectivity index (χ0) is 20.8. The van der Waals surface area contributed by atoms with E-state index in [-0.39, 0.29) is 22.1 Å². The second kappa shape index (κ2) is 7.39. The molecule has 0 saturated carbocycles. The van der Waals surface area contributed by atoms with Crippen molar-refractivity contribution < 1.29 is 13.2 Å². The fraction of sp³-hybridized carbons (Fsp3) is 0.190. The minimum atomic E-state index is -3.51. The van der Waals surface area contributed by atoms with Gasteiger partial charge in [0.1, 0.15) is 11.6 Å². The van der Waals surface area contributed by atoms with E-state index in [2.05, 4.69) is 28.7 Å². The molecule has 0 aromatic heterocycles. The van der Waals surface area contributed by atoms with E-state index in [1.165, 1.54) is 0 Å². The SMILES string of the molecule is COc1ccc(N2C(N)=C(C#N)C(c3cccc(I)c3)C3=C2CCS3(=O)=O)cc1.